The number of ether oxygens (including phenoxy) is 1. The molecule has 0 aliphatic carbocycles. The molecule has 2 saturated heterocycles. The van der Waals surface area contributed by atoms with Gasteiger partial charge in [0.1, 0.15) is 0 Å². The smallest absolute Gasteiger partial charge is 0.372 e. The van der Waals surface area contributed by atoms with Crippen molar-refractivity contribution in [3.05, 3.63) is 29.3 Å². The molecular weight excluding hydrogens is 379 g/mol. The molecule has 150 valence electrons. The molecule has 2 N–H and O–H groups in total. The van der Waals surface area contributed by atoms with Crippen LogP contribution >= 0.6 is 0 Å². The van der Waals surface area contributed by atoms with Crippen molar-refractivity contribution in [1.29, 1.82) is 0 Å². The SMILES string of the molecule is C[C@@H]1CN2c3ccc(C(F)(F)F)cc3CC3(C(=O)NC(=O)NC3=O)[C@H]2[C@H](C)O1. The molecule has 0 unspecified atom stereocenters. The maximum absolute atomic E-state index is 13.2. The number of rotatable bonds is 0. The van der Waals surface area contributed by atoms with Crippen molar-refractivity contribution in [3.63, 3.8) is 0 Å². The quantitative estimate of drug-likeness (QED) is 0.650. The Morgan fingerprint density at radius 3 is 2.39 bits per heavy atom. The van der Waals surface area contributed by atoms with Gasteiger partial charge in [0, 0.05) is 12.2 Å². The number of benzene rings is 1. The molecule has 3 atom stereocenters. The van der Waals surface area contributed by atoms with Crippen molar-refractivity contribution in [2.24, 2.45) is 5.41 Å². The van der Waals surface area contributed by atoms with Gasteiger partial charge < -0.3 is 9.64 Å². The number of morpholine rings is 1. The number of nitrogens with one attached hydrogen (secondary N) is 2. The number of halogens is 3. The maximum atomic E-state index is 13.2. The normalized spacial score (nSPS) is 29.1. The van der Waals surface area contributed by atoms with Crippen molar-refractivity contribution in [3.8, 4) is 0 Å². The molecule has 2 fully saturated rings. The van der Waals surface area contributed by atoms with E-state index in [0.29, 0.717) is 12.2 Å². The molecule has 0 saturated carbocycles. The summed E-state index contributed by atoms with van der Waals surface area (Å²) < 4.78 is 45.5. The highest BCUT2D eigenvalue weighted by Gasteiger charge is 2.62. The highest BCUT2D eigenvalue weighted by atomic mass is 19.4. The van der Waals surface area contributed by atoms with Gasteiger partial charge in [-0.3, -0.25) is 20.2 Å². The molecule has 3 aliphatic rings. The zero-order valence-corrected chi connectivity index (χ0v) is 15.1. The van der Waals surface area contributed by atoms with E-state index < -0.39 is 47.1 Å². The van der Waals surface area contributed by atoms with E-state index in [1.54, 1.807) is 11.8 Å². The second-order valence-electron chi connectivity index (χ2n) is 7.48. The first kappa shape index (κ1) is 18.7. The van der Waals surface area contributed by atoms with Crippen LogP contribution in [0.2, 0.25) is 0 Å². The van der Waals surface area contributed by atoms with Crippen LogP contribution in [-0.2, 0) is 26.9 Å². The zero-order chi connectivity index (χ0) is 20.4. The van der Waals surface area contributed by atoms with E-state index in [-0.39, 0.29) is 18.1 Å². The van der Waals surface area contributed by atoms with E-state index in [9.17, 15) is 27.6 Å². The average molecular weight is 397 g/mol. The molecule has 0 bridgehead atoms. The van der Waals surface area contributed by atoms with E-state index in [1.807, 2.05) is 6.92 Å². The summed E-state index contributed by atoms with van der Waals surface area (Å²) in [4.78, 5) is 39.1. The van der Waals surface area contributed by atoms with Gasteiger partial charge in [0.25, 0.3) is 0 Å². The van der Waals surface area contributed by atoms with Crippen LogP contribution in [0.15, 0.2) is 18.2 Å². The van der Waals surface area contributed by atoms with Gasteiger partial charge >= 0.3 is 12.2 Å². The highest BCUT2D eigenvalue weighted by molar-refractivity contribution is 6.20. The minimum absolute atomic E-state index is 0.229. The first-order chi connectivity index (χ1) is 13.0. The highest BCUT2D eigenvalue weighted by Crippen LogP contribution is 2.47. The number of hydrogen-bond donors (Lipinski definition) is 2. The first-order valence-corrected chi connectivity index (χ1v) is 8.83. The minimum atomic E-state index is -4.56. The summed E-state index contributed by atoms with van der Waals surface area (Å²) in [6, 6.07) is 1.62. The lowest BCUT2D eigenvalue weighted by Crippen LogP contribution is -2.75. The summed E-state index contributed by atoms with van der Waals surface area (Å²) in [7, 11) is 0. The molecule has 1 aromatic rings. The third-order valence-corrected chi connectivity index (χ3v) is 5.64. The van der Waals surface area contributed by atoms with Crippen molar-refractivity contribution < 1.29 is 32.3 Å². The number of amides is 4. The Labute approximate surface area is 158 Å². The van der Waals surface area contributed by atoms with Gasteiger partial charge in [0.15, 0.2) is 5.41 Å². The molecule has 4 amide bonds. The molecule has 4 rings (SSSR count). The molecule has 28 heavy (non-hydrogen) atoms. The minimum Gasteiger partial charge on any atom is -0.372 e. The van der Waals surface area contributed by atoms with Gasteiger partial charge in [-0.15, -0.1) is 0 Å². The summed E-state index contributed by atoms with van der Waals surface area (Å²) in [5.41, 5.74) is -1.87. The van der Waals surface area contributed by atoms with Gasteiger partial charge in [-0.1, -0.05) is 0 Å². The van der Waals surface area contributed by atoms with E-state index >= 15 is 0 Å². The molecule has 3 aliphatic heterocycles. The van der Waals surface area contributed by atoms with Crippen LogP contribution in [0, 0.1) is 5.41 Å². The van der Waals surface area contributed by atoms with Gasteiger partial charge in [-0.05, 0) is 44.0 Å². The third kappa shape index (κ3) is 2.58. The Hall–Kier alpha value is -2.62. The van der Waals surface area contributed by atoms with Crippen LogP contribution in [0.25, 0.3) is 0 Å². The fourth-order valence-corrected chi connectivity index (χ4v) is 4.62. The second kappa shape index (κ2) is 5.94. The molecular formula is C18H18F3N3O4. The van der Waals surface area contributed by atoms with Gasteiger partial charge in [-0.25, -0.2) is 4.79 Å². The molecule has 0 radical (unpaired) electrons. The topological polar surface area (TPSA) is 87.7 Å². The molecule has 10 heteroatoms. The summed E-state index contributed by atoms with van der Waals surface area (Å²) >= 11 is 0. The lowest BCUT2D eigenvalue weighted by atomic mass is 9.66. The van der Waals surface area contributed by atoms with E-state index in [1.165, 1.54) is 6.07 Å². The molecule has 1 spiro atoms. The van der Waals surface area contributed by atoms with Gasteiger partial charge in [0.05, 0.1) is 23.8 Å². The average Bonchev–Trinajstić information content (AvgIpc) is 2.57. The summed E-state index contributed by atoms with van der Waals surface area (Å²) in [6.07, 6.45) is -5.64. The largest absolute Gasteiger partial charge is 0.416 e. The number of imide groups is 2. The van der Waals surface area contributed by atoms with Crippen LogP contribution in [-0.4, -0.2) is 42.6 Å². The Balaban J connectivity index is 1.91. The van der Waals surface area contributed by atoms with Gasteiger partial charge in [0.2, 0.25) is 11.8 Å². The number of anilines is 1. The van der Waals surface area contributed by atoms with E-state index in [2.05, 4.69) is 10.6 Å². The third-order valence-electron chi connectivity index (χ3n) is 5.64. The van der Waals surface area contributed by atoms with Crippen molar-refractivity contribution in [2.75, 3.05) is 11.4 Å². The number of urea groups is 1. The second-order valence-corrected chi connectivity index (χ2v) is 7.48. The summed E-state index contributed by atoms with van der Waals surface area (Å²) in [5.74, 6) is -1.66. The van der Waals surface area contributed by atoms with Crippen molar-refractivity contribution >= 4 is 23.5 Å². The van der Waals surface area contributed by atoms with Crippen LogP contribution in [0.5, 0.6) is 0 Å². The standard InChI is InChI=1S/C18H18F3N3O4/c1-8-7-24-12-4-3-11(18(19,20)21)5-10(12)6-17(13(24)9(2)28-8)14(25)22-16(27)23-15(17)26/h3-5,8-9,13H,6-7H2,1-2H3,(H2,22,23,25,26,27)/t8-,9+,13-/m1/s1. The van der Waals surface area contributed by atoms with Crippen molar-refractivity contribution in [1.82, 2.24) is 10.6 Å². The fourth-order valence-electron chi connectivity index (χ4n) is 4.62. The fraction of sp³-hybridized carbons (Fsp3) is 0.500. The Morgan fingerprint density at radius 1 is 1.14 bits per heavy atom. The number of hydrogen-bond acceptors (Lipinski definition) is 5. The Bertz CT molecular complexity index is 865. The van der Waals surface area contributed by atoms with Crippen LogP contribution in [0.1, 0.15) is 25.0 Å². The number of fused-ring (bicyclic) bond motifs is 4. The monoisotopic (exact) mass is 397 g/mol. The predicted octanol–water partition coefficient (Wildman–Crippen LogP) is 1.60. The molecule has 7 nitrogen and oxygen atoms in total. The lowest BCUT2D eigenvalue weighted by molar-refractivity contribution is -0.153. The molecule has 1 aromatic carbocycles. The first-order valence-electron chi connectivity index (χ1n) is 8.83. The van der Waals surface area contributed by atoms with Crippen LogP contribution < -0.4 is 15.5 Å². The predicted molar refractivity (Wildman–Crippen MR) is 90.4 cm³/mol. The van der Waals surface area contributed by atoms with Gasteiger partial charge in [-0.2, -0.15) is 13.2 Å². The van der Waals surface area contributed by atoms with Crippen molar-refractivity contribution in [2.45, 2.75) is 44.7 Å². The Kier molecular flexibility index (Phi) is 3.97. The summed E-state index contributed by atoms with van der Waals surface area (Å²) in [6.45, 7) is 3.81. The van der Waals surface area contributed by atoms with E-state index in [0.717, 1.165) is 12.1 Å². The number of barbiturate groups is 1. The molecule has 0 aromatic heterocycles. The maximum Gasteiger partial charge on any atom is 0.416 e. The molecule has 3 heterocycles. The summed E-state index contributed by atoms with van der Waals surface area (Å²) in [5, 5.41) is 4.19. The van der Waals surface area contributed by atoms with Crippen LogP contribution in [0.3, 0.4) is 0 Å². The number of nitrogens with zero attached hydrogens (tertiary/aromatic N) is 1. The number of carbonyl (C=O) groups is 3. The lowest BCUT2D eigenvalue weighted by Gasteiger charge is -2.55. The zero-order valence-electron chi connectivity index (χ0n) is 15.1. The van der Waals surface area contributed by atoms with Crippen LogP contribution in [0.4, 0.5) is 23.7 Å². The van der Waals surface area contributed by atoms with E-state index in [4.69, 9.17) is 4.74 Å². The number of carbonyl (C=O) groups excluding carboxylic acids is 3. The Morgan fingerprint density at radius 2 is 1.79 bits per heavy atom. The number of alkyl halides is 3.